The van der Waals surface area contributed by atoms with E-state index in [4.69, 9.17) is 9.84 Å². The van der Waals surface area contributed by atoms with Crippen molar-refractivity contribution < 1.29 is 23.8 Å². The predicted octanol–water partition coefficient (Wildman–Crippen LogP) is 3.18. The van der Waals surface area contributed by atoms with Crippen LogP contribution in [0.1, 0.15) is 33.5 Å². The van der Waals surface area contributed by atoms with E-state index in [1.165, 1.54) is 12.1 Å². The monoisotopic (exact) mass is 434 g/mol. The molecule has 1 aliphatic heterocycles. The maximum absolute atomic E-state index is 13.4. The Morgan fingerprint density at radius 2 is 1.69 bits per heavy atom. The van der Waals surface area contributed by atoms with Crippen molar-refractivity contribution in [1.29, 1.82) is 0 Å². The first-order chi connectivity index (χ1) is 15.5. The van der Waals surface area contributed by atoms with Crippen LogP contribution < -0.4 is 15.4 Å². The second-order valence-electron chi connectivity index (χ2n) is 7.49. The van der Waals surface area contributed by atoms with Crippen molar-refractivity contribution in [3.63, 3.8) is 0 Å². The predicted molar refractivity (Wildman–Crippen MR) is 118 cm³/mol. The van der Waals surface area contributed by atoms with Gasteiger partial charge in [0.1, 0.15) is 23.6 Å². The Morgan fingerprint density at radius 3 is 2.34 bits per heavy atom. The molecule has 0 radical (unpaired) electrons. The molecule has 1 heterocycles. The van der Waals surface area contributed by atoms with Gasteiger partial charge in [0.2, 0.25) is 5.91 Å². The van der Waals surface area contributed by atoms with Gasteiger partial charge in [0, 0.05) is 24.7 Å². The van der Waals surface area contributed by atoms with E-state index in [1.54, 1.807) is 31.3 Å². The van der Waals surface area contributed by atoms with Crippen LogP contribution in [-0.2, 0) is 4.79 Å². The highest BCUT2D eigenvalue weighted by molar-refractivity contribution is 5.94. The molecule has 2 unspecified atom stereocenters. The number of benzene rings is 3. The highest BCUT2D eigenvalue weighted by Gasteiger charge is 2.40. The van der Waals surface area contributed by atoms with Gasteiger partial charge in [0.15, 0.2) is 0 Å². The van der Waals surface area contributed by atoms with Gasteiger partial charge in [-0.15, -0.1) is 0 Å². The number of halogens is 1. The van der Waals surface area contributed by atoms with Crippen LogP contribution in [0.15, 0.2) is 66.7 Å². The summed E-state index contributed by atoms with van der Waals surface area (Å²) in [6, 6.07) is 18.7. The summed E-state index contributed by atoms with van der Waals surface area (Å²) >= 11 is 0. The van der Waals surface area contributed by atoms with Crippen LogP contribution in [0.2, 0.25) is 0 Å². The largest absolute Gasteiger partial charge is 0.484 e. The molecule has 0 saturated heterocycles. The molecule has 164 valence electrons. The van der Waals surface area contributed by atoms with Gasteiger partial charge in [0.25, 0.3) is 5.91 Å². The molecule has 7 heteroatoms. The maximum Gasteiger partial charge on any atom is 0.251 e. The van der Waals surface area contributed by atoms with Crippen LogP contribution in [0.25, 0.3) is 11.1 Å². The van der Waals surface area contributed by atoms with Crippen molar-refractivity contribution in [2.75, 3.05) is 20.2 Å². The molecular weight excluding hydrogens is 411 g/mol. The number of aliphatic hydroxyl groups excluding tert-OH is 1. The first kappa shape index (κ1) is 21.5. The fourth-order valence-corrected chi connectivity index (χ4v) is 3.88. The summed E-state index contributed by atoms with van der Waals surface area (Å²) in [5.74, 6) is -0.766. The summed E-state index contributed by atoms with van der Waals surface area (Å²) in [5.41, 5.74) is 3.72. The molecule has 0 spiro atoms. The summed E-state index contributed by atoms with van der Waals surface area (Å²) in [6.07, 6.45) is -0.557. The fourth-order valence-electron chi connectivity index (χ4n) is 3.88. The van der Waals surface area contributed by atoms with Crippen LogP contribution in [-0.4, -0.2) is 37.1 Å². The molecule has 2 atom stereocenters. The second kappa shape index (κ2) is 9.20. The number of carbonyl (C=O) groups excluding carboxylic acids is 2. The number of nitrogens with one attached hydrogen (secondary N) is 2. The highest BCUT2D eigenvalue weighted by atomic mass is 19.1. The van der Waals surface area contributed by atoms with E-state index in [2.05, 4.69) is 10.6 Å². The Labute approximate surface area is 185 Å². The summed E-state index contributed by atoms with van der Waals surface area (Å²) in [7, 11) is 1.58. The average Bonchev–Trinajstić information content (AvgIpc) is 3.21. The SMILES string of the molecule is CNC(=O)C1c2cc(-c3ccc(C(=O)NCCO)cc3)ccc2OC1c1ccc(F)cc1. The van der Waals surface area contributed by atoms with Crippen LogP contribution in [0.5, 0.6) is 5.75 Å². The Kier molecular flexibility index (Phi) is 6.18. The Hall–Kier alpha value is -3.71. The number of hydrogen-bond acceptors (Lipinski definition) is 4. The van der Waals surface area contributed by atoms with E-state index >= 15 is 0 Å². The zero-order valence-corrected chi connectivity index (χ0v) is 17.5. The van der Waals surface area contributed by atoms with Crippen molar-refractivity contribution in [3.05, 3.63) is 89.2 Å². The molecule has 0 fully saturated rings. The Bertz CT molecular complexity index is 1130. The number of likely N-dealkylation sites (N-methyl/N-ethyl adjacent to an activating group) is 1. The van der Waals surface area contributed by atoms with Crippen LogP contribution in [0.3, 0.4) is 0 Å². The molecule has 2 amide bonds. The molecule has 1 aliphatic rings. The molecule has 0 saturated carbocycles. The minimum Gasteiger partial charge on any atom is -0.484 e. The second-order valence-corrected chi connectivity index (χ2v) is 7.49. The van der Waals surface area contributed by atoms with Crippen molar-refractivity contribution >= 4 is 11.8 Å². The van der Waals surface area contributed by atoms with E-state index in [0.717, 1.165) is 22.3 Å². The van der Waals surface area contributed by atoms with Crippen molar-refractivity contribution in [1.82, 2.24) is 10.6 Å². The topological polar surface area (TPSA) is 87.7 Å². The number of ether oxygens (including phenoxy) is 1. The molecule has 3 aromatic carbocycles. The van der Waals surface area contributed by atoms with Gasteiger partial charge in [-0.05, 0) is 53.1 Å². The molecular formula is C25H23FN2O4. The lowest BCUT2D eigenvalue weighted by Gasteiger charge is -2.18. The van der Waals surface area contributed by atoms with Gasteiger partial charge in [-0.2, -0.15) is 0 Å². The van der Waals surface area contributed by atoms with Crippen LogP contribution in [0, 0.1) is 5.82 Å². The van der Waals surface area contributed by atoms with E-state index in [9.17, 15) is 14.0 Å². The Morgan fingerprint density at radius 1 is 1.00 bits per heavy atom. The summed E-state index contributed by atoms with van der Waals surface area (Å²) in [5, 5.41) is 14.2. The normalized spacial score (nSPS) is 16.7. The zero-order chi connectivity index (χ0) is 22.7. The lowest BCUT2D eigenvalue weighted by Crippen LogP contribution is -2.28. The van der Waals surface area contributed by atoms with E-state index in [1.807, 2.05) is 30.3 Å². The van der Waals surface area contributed by atoms with Gasteiger partial charge in [-0.1, -0.05) is 30.3 Å². The van der Waals surface area contributed by atoms with E-state index in [0.29, 0.717) is 11.3 Å². The summed E-state index contributed by atoms with van der Waals surface area (Å²) in [6.45, 7) is 0.0773. The van der Waals surface area contributed by atoms with Crippen LogP contribution in [0.4, 0.5) is 4.39 Å². The standard InChI is InChI=1S/C25H23FN2O4/c1-27-25(31)22-20-14-18(15-2-4-17(5-3-15)24(30)28-12-13-29)8-11-21(20)32-23(22)16-6-9-19(26)10-7-16/h2-11,14,22-23,29H,12-13H2,1H3,(H,27,31)(H,28,30). The lowest BCUT2D eigenvalue weighted by molar-refractivity contribution is -0.123. The average molecular weight is 434 g/mol. The minimum atomic E-state index is -0.580. The molecule has 0 aliphatic carbocycles. The van der Waals surface area contributed by atoms with Crippen LogP contribution >= 0.6 is 0 Å². The summed E-state index contributed by atoms with van der Waals surface area (Å²) < 4.78 is 19.5. The fraction of sp³-hybridized carbons (Fsp3) is 0.200. The number of carbonyl (C=O) groups is 2. The molecule has 4 rings (SSSR count). The number of rotatable bonds is 6. The zero-order valence-electron chi connectivity index (χ0n) is 17.5. The molecule has 3 aromatic rings. The van der Waals surface area contributed by atoms with Gasteiger partial charge in [0.05, 0.1) is 6.61 Å². The lowest BCUT2D eigenvalue weighted by atomic mass is 9.88. The van der Waals surface area contributed by atoms with Gasteiger partial charge >= 0.3 is 0 Å². The minimum absolute atomic E-state index is 0.119. The molecule has 0 bridgehead atoms. The first-order valence-electron chi connectivity index (χ1n) is 10.3. The first-order valence-corrected chi connectivity index (χ1v) is 10.3. The van der Waals surface area contributed by atoms with Gasteiger partial charge in [-0.3, -0.25) is 9.59 Å². The van der Waals surface area contributed by atoms with Gasteiger partial charge in [-0.25, -0.2) is 4.39 Å². The number of hydrogen-bond donors (Lipinski definition) is 3. The third-order valence-electron chi connectivity index (χ3n) is 5.51. The molecule has 0 aromatic heterocycles. The number of aliphatic hydroxyl groups is 1. The van der Waals surface area contributed by atoms with Crippen molar-refractivity contribution in [2.24, 2.45) is 0 Å². The summed E-state index contributed by atoms with van der Waals surface area (Å²) in [4.78, 5) is 24.8. The quantitative estimate of drug-likeness (QED) is 0.556. The number of amides is 2. The maximum atomic E-state index is 13.4. The smallest absolute Gasteiger partial charge is 0.251 e. The van der Waals surface area contributed by atoms with Crippen molar-refractivity contribution in [2.45, 2.75) is 12.0 Å². The molecule has 3 N–H and O–H groups in total. The number of fused-ring (bicyclic) bond motifs is 1. The third kappa shape index (κ3) is 4.20. The highest BCUT2D eigenvalue weighted by Crippen LogP contribution is 2.47. The molecule has 6 nitrogen and oxygen atoms in total. The molecule has 32 heavy (non-hydrogen) atoms. The van der Waals surface area contributed by atoms with Crippen molar-refractivity contribution in [3.8, 4) is 16.9 Å². The van der Waals surface area contributed by atoms with Gasteiger partial charge < -0.3 is 20.5 Å². The van der Waals surface area contributed by atoms with E-state index in [-0.39, 0.29) is 30.8 Å². The Balaban J connectivity index is 1.64. The third-order valence-corrected chi connectivity index (χ3v) is 5.51. The van der Waals surface area contributed by atoms with E-state index < -0.39 is 12.0 Å².